The molecule has 4 rings (SSSR count). The number of hydrogen-bond acceptors (Lipinski definition) is 1. The largest absolute Gasteiger partial charge is 0.362 e. The van der Waals surface area contributed by atoms with Gasteiger partial charge in [0, 0.05) is 33.9 Å². The molecule has 2 unspecified atom stereocenters. The van der Waals surface area contributed by atoms with Gasteiger partial charge in [0.15, 0.2) is 5.11 Å². The highest BCUT2D eigenvalue weighted by atomic mass is 35.5. The van der Waals surface area contributed by atoms with Gasteiger partial charge in [0.1, 0.15) is 0 Å². The van der Waals surface area contributed by atoms with E-state index in [-0.39, 0.29) is 0 Å². The summed E-state index contributed by atoms with van der Waals surface area (Å²) in [6.45, 7) is 7.83. The predicted molar refractivity (Wildman–Crippen MR) is 123 cm³/mol. The Balaban J connectivity index is 1.37. The maximum atomic E-state index is 5.93. The summed E-state index contributed by atoms with van der Waals surface area (Å²) in [6.07, 6.45) is 1.10. The number of thiocarbonyl (C=S) groups is 1. The number of H-pyrrole nitrogens is 1. The highest BCUT2D eigenvalue weighted by molar-refractivity contribution is 7.80. The van der Waals surface area contributed by atoms with Crippen LogP contribution in [0.25, 0.3) is 10.9 Å². The molecule has 0 spiro atoms. The molecular formula is C23H26ClN3S. The van der Waals surface area contributed by atoms with E-state index >= 15 is 0 Å². The Kier molecular flexibility index (Phi) is 5.11. The summed E-state index contributed by atoms with van der Waals surface area (Å²) < 4.78 is 0. The van der Waals surface area contributed by atoms with Crippen LogP contribution in [0.5, 0.6) is 0 Å². The van der Waals surface area contributed by atoms with E-state index in [1.54, 1.807) is 0 Å². The number of hydrogen-bond donors (Lipinski definition) is 3. The van der Waals surface area contributed by atoms with E-state index in [0.717, 1.165) is 23.7 Å². The molecule has 2 aromatic carbocycles. The molecule has 146 valence electrons. The SMILES string of the molecule is Cc1[nH]c2ccccc2c1C1C(CCNC(=S)Nc2ccc(Cl)cc2)C1(C)C. The lowest BCUT2D eigenvalue weighted by atomic mass is 10.0. The molecule has 1 aromatic heterocycles. The van der Waals surface area contributed by atoms with E-state index < -0.39 is 0 Å². The number of aromatic nitrogens is 1. The summed E-state index contributed by atoms with van der Waals surface area (Å²) in [5.74, 6) is 1.24. The number of anilines is 1. The molecular weight excluding hydrogens is 386 g/mol. The van der Waals surface area contributed by atoms with Gasteiger partial charge < -0.3 is 15.6 Å². The molecule has 3 N–H and O–H groups in total. The first-order chi connectivity index (χ1) is 13.4. The molecule has 0 bridgehead atoms. The molecule has 0 aliphatic heterocycles. The fraction of sp³-hybridized carbons (Fsp3) is 0.348. The Morgan fingerprint density at radius 1 is 1.14 bits per heavy atom. The first-order valence-corrected chi connectivity index (χ1v) is 10.5. The number of rotatable bonds is 5. The molecule has 1 saturated carbocycles. The Morgan fingerprint density at radius 3 is 2.61 bits per heavy atom. The molecule has 1 heterocycles. The summed E-state index contributed by atoms with van der Waals surface area (Å²) in [6, 6.07) is 16.2. The Labute approximate surface area is 176 Å². The van der Waals surface area contributed by atoms with Crippen molar-refractivity contribution in [3.63, 3.8) is 0 Å². The van der Waals surface area contributed by atoms with Crippen LogP contribution in [-0.4, -0.2) is 16.6 Å². The van der Waals surface area contributed by atoms with Crippen LogP contribution in [-0.2, 0) is 0 Å². The summed E-state index contributed by atoms with van der Waals surface area (Å²) in [7, 11) is 0. The third kappa shape index (κ3) is 3.63. The average Bonchev–Trinajstić information content (AvgIpc) is 3.02. The normalized spacial score (nSPS) is 20.1. The lowest BCUT2D eigenvalue weighted by Crippen LogP contribution is -2.29. The van der Waals surface area contributed by atoms with Gasteiger partial charge in [-0.25, -0.2) is 0 Å². The lowest BCUT2D eigenvalue weighted by molar-refractivity contribution is 0.528. The molecule has 0 amide bonds. The molecule has 3 nitrogen and oxygen atoms in total. The molecule has 0 saturated heterocycles. The van der Waals surface area contributed by atoms with Gasteiger partial charge in [0.25, 0.3) is 0 Å². The van der Waals surface area contributed by atoms with Crippen molar-refractivity contribution in [2.75, 3.05) is 11.9 Å². The number of fused-ring (bicyclic) bond motifs is 1. The van der Waals surface area contributed by atoms with Crippen molar-refractivity contribution in [3.05, 3.63) is 64.8 Å². The minimum atomic E-state index is 0.308. The second kappa shape index (κ2) is 7.41. The van der Waals surface area contributed by atoms with E-state index in [1.165, 1.54) is 22.2 Å². The van der Waals surface area contributed by atoms with Crippen LogP contribution in [0.3, 0.4) is 0 Å². The van der Waals surface area contributed by atoms with Crippen LogP contribution in [0.4, 0.5) is 5.69 Å². The number of halogens is 1. The van der Waals surface area contributed by atoms with Gasteiger partial charge in [-0.2, -0.15) is 0 Å². The number of para-hydroxylation sites is 1. The Morgan fingerprint density at radius 2 is 1.86 bits per heavy atom. The topological polar surface area (TPSA) is 39.9 Å². The monoisotopic (exact) mass is 411 g/mol. The predicted octanol–water partition coefficient (Wildman–Crippen LogP) is 6.25. The third-order valence-corrected chi connectivity index (χ3v) is 6.65. The molecule has 28 heavy (non-hydrogen) atoms. The zero-order valence-electron chi connectivity index (χ0n) is 16.5. The van der Waals surface area contributed by atoms with Gasteiger partial charge in [-0.05, 0) is 78.7 Å². The van der Waals surface area contributed by atoms with Gasteiger partial charge in [0.2, 0.25) is 0 Å². The number of aryl methyl sites for hydroxylation is 1. The zero-order valence-corrected chi connectivity index (χ0v) is 18.0. The summed E-state index contributed by atoms with van der Waals surface area (Å²) in [5.41, 5.74) is 5.29. The van der Waals surface area contributed by atoms with Crippen molar-refractivity contribution in [2.24, 2.45) is 11.3 Å². The van der Waals surface area contributed by atoms with E-state index in [9.17, 15) is 0 Å². The maximum Gasteiger partial charge on any atom is 0.170 e. The van der Waals surface area contributed by atoms with Crippen LogP contribution in [0.15, 0.2) is 48.5 Å². The van der Waals surface area contributed by atoms with Crippen LogP contribution in [0, 0.1) is 18.3 Å². The summed E-state index contributed by atoms with van der Waals surface area (Å²) in [5, 5.41) is 9.31. The van der Waals surface area contributed by atoms with Crippen molar-refractivity contribution >= 4 is 45.5 Å². The fourth-order valence-electron chi connectivity index (χ4n) is 4.60. The fourth-order valence-corrected chi connectivity index (χ4v) is 4.95. The quantitative estimate of drug-likeness (QED) is 0.435. The molecule has 5 heteroatoms. The molecule has 1 aliphatic carbocycles. The van der Waals surface area contributed by atoms with Crippen LogP contribution < -0.4 is 10.6 Å². The average molecular weight is 412 g/mol. The lowest BCUT2D eigenvalue weighted by Gasteiger charge is -2.11. The van der Waals surface area contributed by atoms with Gasteiger partial charge in [-0.15, -0.1) is 0 Å². The van der Waals surface area contributed by atoms with Crippen molar-refractivity contribution in [3.8, 4) is 0 Å². The number of aromatic amines is 1. The third-order valence-electron chi connectivity index (χ3n) is 6.15. The Bertz CT molecular complexity index is 1010. The minimum Gasteiger partial charge on any atom is -0.362 e. The van der Waals surface area contributed by atoms with Crippen molar-refractivity contribution in [1.82, 2.24) is 10.3 Å². The first kappa shape index (κ1) is 19.3. The smallest absolute Gasteiger partial charge is 0.170 e. The van der Waals surface area contributed by atoms with Gasteiger partial charge in [0.05, 0.1) is 0 Å². The highest BCUT2D eigenvalue weighted by Crippen LogP contribution is 2.67. The molecule has 0 radical (unpaired) electrons. The van der Waals surface area contributed by atoms with Gasteiger partial charge in [-0.3, -0.25) is 0 Å². The van der Waals surface area contributed by atoms with E-state index in [0.29, 0.717) is 22.4 Å². The number of nitrogens with one attached hydrogen (secondary N) is 3. The highest BCUT2D eigenvalue weighted by Gasteiger charge is 2.58. The molecule has 1 fully saturated rings. The van der Waals surface area contributed by atoms with Crippen molar-refractivity contribution in [1.29, 1.82) is 0 Å². The van der Waals surface area contributed by atoms with Crippen LogP contribution in [0.1, 0.15) is 37.4 Å². The van der Waals surface area contributed by atoms with Gasteiger partial charge in [-0.1, -0.05) is 43.6 Å². The van der Waals surface area contributed by atoms with E-state index in [1.807, 2.05) is 24.3 Å². The minimum absolute atomic E-state index is 0.308. The van der Waals surface area contributed by atoms with Crippen LogP contribution in [0.2, 0.25) is 5.02 Å². The zero-order chi connectivity index (χ0) is 19.9. The molecule has 1 aliphatic rings. The first-order valence-electron chi connectivity index (χ1n) is 9.75. The summed E-state index contributed by atoms with van der Waals surface area (Å²) in [4.78, 5) is 3.56. The maximum absolute atomic E-state index is 5.93. The second-order valence-corrected chi connectivity index (χ2v) is 9.14. The number of benzene rings is 2. The standard InChI is InChI=1S/C23H26ClN3S/c1-14-20(17-6-4-5-7-19(17)26-14)21-18(23(21,2)3)12-13-25-22(28)27-16-10-8-15(24)9-11-16/h4-11,18,21,26H,12-13H2,1-3H3,(H2,25,27,28). The van der Waals surface area contributed by atoms with Crippen LogP contribution >= 0.6 is 23.8 Å². The van der Waals surface area contributed by atoms with Crippen molar-refractivity contribution in [2.45, 2.75) is 33.1 Å². The second-order valence-electron chi connectivity index (χ2n) is 8.29. The van der Waals surface area contributed by atoms with Crippen molar-refractivity contribution < 1.29 is 0 Å². The Hall–Kier alpha value is -2.04. The van der Waals surface area contributed by atoms with E-state index in [2.05, 4.69) is 60.7 Å². The summed E-state index contributed by atoms with van der Waals surface area (Å²) >= 11 is 11.4. The molecule has 2 atom stereocenters. The van der Waals surface area contributed by atoms with E-state index in [4.69, 9.17) is 23.8 Å². The van der Waals surface area contributed by atoms with Gasteiger partial charge >= 0.3 is 0 Å². The molecule has 3 aromatic rings.